The Morgan fingerprint density at radius 1 is 1.12 bits per heavy atom. The third kappa shape index (κ3) is 2.90. The van der Waals surface area contributed by atoms with Crippen LogP contribution in [0.15, 0.2) is 24.3 Å². The molecule has 1 aromatic rings. The van der Waals surface area contributed by atoms with E-state index in [-0.39, 0.29) is 0 Å². The average molecular weight is 229 g/mol. The van der Waals surface area contributed by atoms with Gasteiger partial charge in [0.15, 0.2) is 0 Å². The van der Waals surface area contributed by atoms with Crippen molar-refractivity contribution in [2.24, 2.45) is 11.8 Å². The number of hydrogen-bond donors (Lipinski definition) is 1. The highest BCUT2D eigenvalue weighted by Gasteiger charge is 2.40. The maximum atomic E-state index is 3.82. The second-order valence-corrected chi connectivity index (χ2v) is 5.83. The Bertz CT molecular complexity index is 365. The van der Waals surface area contributed by atoms with Gasteiger partial charge in [-0.3, -0.25) is 0 Å². The van der Waals surface area contributed by atoms with Crippen LogP contribution in [0.5, 0.6) is 0 Å². The van der Waals surface area contributed by atoms with E-state index in [0.29, 0.717) is 0 Å². The number of benzene rings is 1. The fourth-order valence-electron chi connectivity index (χ4n) is 2.89. The molecule has 3 rings (SSSR count). The van der Waals surface area contributed by atoms with Crippen LogP contribution in [0, 0.1) is 18.8 Å². The standard InChI is InChI=1S/C16H23N/c1-12-4-2-3-5-13(12)10-11-17-16(14-6-7-14)15-8-9-15/h2-5,14-17H,6-11H2,1H3. The molecule has 0 bridgehead atoms. The molecule has 0 saturated heterocycles. The molecule has 1 aromatic carbocycles. The summed E-state index contributed by atoms with van der Waals surface area (Å²) >= 11 is 0. The minimum Gasteiger partial charge on any atom is -0.313 e. The van der Waals surface area contributed by atoms with Gasteiger partial charge in [-0.1, -0.05) is 24.3 Å². The Labute approximate surface area is 105 Å². The van der Waals surface area contributed by atoms with E-state index >= 15 is 0 Å². The summed E-state index contributed by atoms with van der Waals surface area (Å²) in [5.74, 6) is 2.03. The highest BCUT2D eigenvalue weighted by molar-refractivity contribution is 5.25. The largest absolute Gasteiger partial charge is 0.313 e. The molecule has 0 spiro atoms. The lowest BCUT2D eigenvalue weighted by Crippen LogP contribution is -2.34. The minimum absolute atomic E-state index is 0.846. The van der Waals surface area contributed by atoms with Crippen molar-refractivity contribution in [2.75, 3.05) is 6.54 Å². The van der Waals surface area contributed by atoms with Gasteiger partial charge in [-0.2, -0.15) is 0 Å². The van der Waals surface area contributed by atoms with Crippen molar-refractivity contribution in [2.45, 2.75) is 45.1 Å². The highest BCUT2D eigenvalue weighted by Crippen LogP contribution is 2.44. The van der Waals surface area contributed by atoms with Crippen LogP contribution in [0.4, 0.5) is 0 Å². The molecule has 17 heavy (non-hydrogen) atoms. The van der Waals surface area contributed by atoms with Gasteiger partial charge < -0.3 is 5.32 Å². The summed E-state index contributed by atoms with van der Waals surface area (Å²) in [6.07, 6.45) is 7.07. The minimum atomic E-state index is 0.846. The molecule has 1 N–H and O–H groups in total. The Morgan fingerprint density at radius 3 is 2.35 bits per heavy atom. The summed E-state index contributed by atoms with van der Waals surface area (Å²) in [5.41, 5.74) is 2.94. The Kier molecular flexibility index (Phi) is 3.19. The van der Waals surface area contributed by atoms with E-state index in [1.165, 1.54) is 43.2 Å². The average Bonchev–Trinajstić information content (AvgIpc) is 3.18. The van der Waals surface area contributed by atoms with Gasteiger partial charge in [0.25, 0.3) is 0 Å². The van der Waals surface area contributed by atoms with Crippen LogP contribution >= 0.6 is 0 Å². The molecule has 92 valence electrons. The molecular formula is C16H23N. The van der Waals surface area contributed by atoms with Crippen molar-refractivity contribution >= 4 is 0 Å². The first-order valence-corrected chi connectivity index (χ1v) is 7.12. The summed E-state index contributed by atoms with van der Waals surface area (Å²) < 4.78 is 0. The van der Waals surface area contributed by atoms with Crippen molar-refractivity contribution in [1.82, 2.24) is 5.32 Å². The molecule has 0 unspecified atom stereocenters. The van der Waals surface area contributed by atoms with E-state index in [4.69, 9.17) is 0 Å². The Morgan fingerprint density at radius 2 is 1.76 bits per heavy atom. The zero-order chi connectivity index (χ0) is 11.7. The van der Waals surface area contributed by atoms with Gasteiger partial charge in [0.1, 0.15) is 0 Å². The van der Waals surface area contributed by atoms with Crippen molar-refractivity contribution in [3.63, 3.8) is 0 Å². The molecule has 2 aliphatic rings. The Balaban J connectivity index is 1.49. The normalized spacial score (nSPS) is 19.9. The predicted molar refractivity (Wildman–Crippen MR) is 72.1 cm³/mol. The molecule has 2 fully saturated rings. The van der Waals surface area contributed by atoms with Crippen LogP contribution in [0.1, 0.15) is 36.8 Å². The van der Waals surface area contributed by atoms with Crippen molar-refractivity contribution in [3.8, 4) is 0 Å². The van der Waals surface area contributed by atoms with E-state index < -0.39 is 0 Å². The van der Waals surface area contributed by atoms with Gasteiger partial charge in [0, 0.05) is 6.04 Å². The lowest BCUT2D eigenvalue weighted by molar-refractivity contribution is 0.420. The zero-order valence-electron chi connectivity index (χ0n) is 10.8. The van der Waals surface area contributed by atoms with E-state index in [0.717, 1.165) is 24.4 Å². The highest BCUT2D eigenvalue weighted by atomic mass is 14.9. The fourth-order valence-corrected chi connectivity index (χ4v) is 2.89. The molecule has 0 radical (unpaired) electrons. The van der Waals surface area contributed by atoms with Crippen LogP contribution in [-0.4, -0.2) is 12.6 Å². The lowest BCUT2D eigenvalue weighted by atomic mass is 10.0. The summed E-state index contributed by atoms with van der Waals surface area (Å²) in [6, 6.07) is 9.61. The summed E-state index contributed by atoms with van der Waals surface area (Å²) in [5, 5.41) is 3.82. The number of rotatable bonds is 6. The molecule has 1 heteroatoms. The van der Waals surface area contributed by atoms with Gasteiger partial charge in [-0.25, -0.2) is 0 Å². The number of nitrogens with one attached hydrogen (secondary N) is 1. The topological polar surface area (TPSA) is 12.0 Å². The van der Waals surface area contributed by atoms with Gasteiger partial charge in [-0.05, 0) is 68.5 Å². The lowest BCUT2D eigenvalue weighted by Gasteiger charge is -2.17. The van der Waals surface area contributed by atoms with Crippen LogP contribution < -0.4 is 5.32 Å². The van der Waals surface area contributed by atoms with E-state index in [1.807, 2.05) is 0 Å². The summed E-state index contributed by atoms with van der Waals surface area (Å²) in [6.45, 7) is 3.37. The molecule has 2 aliphatic carbocycles. The van der Waals surface area contributed by atoms with Crippen LogP contribution in [0.25, 0.3) is 0 Å². The first-order valence-electron chi connectivity index (χ1n) is 7.12. The predicted octanol–water partition coefficient (Wildman–Crippen LogP) is 3.32. The maximum Gasteiger partial charge on any atom is 0.0124 e. The summed E-state index contributed by atoms with van der Waals surface area (Å²) in [7, 11) is 0. The van der Waals surface area contributed by atoms with E-state index in [1.54, 1.807) is 0 Å². The molecule has 0 aromatic heterocycles. The number of hydrogen-bond acceptors (Lipinski definition) is 1. The molecule has 0 amide bonds. The smallest absolute Gasteiger partial charge is 0.0124 e. The molecule has 0 aliphatic heterocycles. The van der Waals surface area contributed by atoms with Gasteiger partial charge in [0.2, 0.25) is 0 Å². The van der Waals surface area contributed by atoms with E-state index in [2.05, 4.69) is 36.5 Å². The van der Waals surface area contributed by atoms with E-state index in [9.17, 15) is 0 Å². The third-order valence-corrected chi connectivity index (χ3v) is 4.30. The van der Waals surface area contributed by atoms with Gasteiger partial charge in [0.05, 0.1) is 0 Å². The van der Waals surface area contributed by atoms with Crippen LogP contribution in [0.2, 0.25) is 0 Å². The Hall–Kier alpha value is -0.820. The molecule has 0 atom stereocenters. The van der Waals surface area contributed by atoms with Crippen LogP contribution in [-0.2, 0) is 6.42 Å². The van der Waals surface area contributed by atoms with Gasteiger partial charge in [-0.15, -0.1) is 0 Å². The zero-order valence-corrected chi connectivity index (χ0v) is 10.8. The molecular weight excluding hydrogens is 206 g/mol. The van der Waals surface area contributed by atoms with Crippen molar-refractivity contribution in [1.29, 1.82) is 0 Å². The van der Waals surface area contributed by atoms with Gasteiger partial charge >= 0.3 is 0 Å². The second-order valence-electron chi connectivity index (χ2n) is 5.83. The first kappa shape index (κ1) is 11.3. The fraction of sp³-hybridized carbons (Fsp3) is 0.625. The maximum absolute atomic E-state index is 3.82. The third-order valence-electron chi connectivity index (χ3n) is 4.30. The molecule has 0 heterocycles. The van der Waals surface area contributed by atoms with Crippen LogP contribution in [0.3, 0.4) is 0 Å². The SMILES string of the molecule is Cc1ccccc1CCNC(C1CC1)C1CC1. The number of aryl methyl sites for hydroxylation is 1. The quantitative estimate of drug-likeness (QED) is 0.789. The second kappa shape index (κ2) is 4.81. The first-order chi connectivity index (χ1) is 8.34. The monoisotopic (exact) mass is 229 g/mol. The molecule has 2 saturated carbocycles. The summed E-state index contributed by atoms with van der Waals surface area (Å²) in [4.78, 5) is 0. The molecule has 1 nitrogen and oxygen atoms in total. The van der Waals surface area contributed by atoms with Crippen molar-refractivity contribution in [3.05, 3.63) is 35.4 Å². The van der Waals surface area contributed by atoms with Crippen molar-refractivity contribution < 1.29 is 0 Å².